The summed E-state index contributed by atoms with van der Waals surface area (Å²) < 4.78 is 83.1. The fourth-order valence-electron chi connectivity index (χ4n) is 3.78. The highest BCUT2D eigenvalue weighted by Gasteiger charge is 2.51. The number of amides is 2. The molecule has 1 aromatic rings. The maximum Gasteiger partial charge on any atom is 0.419 e. The third kappa shape index (κ3) is 7.59. The fourth-order valence-corrected chi connectivity index (χ4v) is 5.17. The molecular formula is C20H26F6N6O3S. The lowest BCUT2D eigenvalue weighted by molar-refractivity contribution is -0.186. The molecule has 0 saturated carbocycles. The summed E-state index contributed by atoms with van der Waals surface area (Å²) in [6, 6.07) is 0. The second-order valence-electron chi connectivity index (χ2n) is 8.34. The van der Waals surface area contributed by atoms with Crippen LogP contribution < -0.4 is 15.8 Å². The smallest absolute Gasteiger partial charge is 0.380 e. The summed E-state index contributed by atoms with van der Waals surface area (Å²) in [4.78, 5) is 34.9. The Morgan fingerprint density at radius 3 is 2.39 bits per heavy atom. The van der Waals surface area contributed by atoms with Crippen LogP contribution in [0.2, 0.25) is 0 Å². The van der Waals surface area contributed by atoms with Crippen molar-refractivity contribution in [2.24, 2.45) is 5.92 Å². The van der Waals surface area contributed by atoms with Gasteiger partial charge in [0.25, 0.3) is 0 Å². The number of alkyl halides is 6. The summed E-state index contributed by atoms with van der Waals surface area (Å²) in [6.07, 6.45) is -7.65. The molecule has 2 amide bonds. The zero-order valence-electron chi connectivity index (χ0n) is 19.2. The van der Waals surface area contributed by atoms with Gasteiger partial charge in [-0.25, -0.2) is 15.4 Å². The largest absolute Gasteiger partial charge is 0.419 e. The van der Waals surface area contributed by atoms with E-state index in [0.29, 0.717) is 26.2 Å². The number of hydrogen-bond acceptors (Lipinski definition) is 8. The van der Waals surface area contributed by atoms with Crippen LogP contribution in [-0.4, -0.2) is 89.3 Å². The minimum atomic E-state index is -4.65. The summed E-state index contributed by atoms with van der Waals surface area (Å²) >= 11 is 1.00. The monoisotopic (exact) mass is 544 g/mol. The lowest BCUT2D eigenvalue weighted by Crippen LogP contribution is -2.58. The van der Waals surface area contributed by atoms with Gasteiger partial charge in [-0.05, 0) is 0 Å². The van der Waals surface area contributed by atoms with Gasteiger partial charge in [0.1, 0.15) is 5.92 Å². The maximum atomic E-state index is 13.2. The molecule has 3 atom stereocenters. The number of aromatic nitrogens is 2. The number of nitrogens with zero attached hydrogens (tertiary/aromatic N) is 4. The van der Waals surface area contributed by atoms with Crippen LogP contribution in [0.15, 0.2) is 12.4 Å². The van der Waals surface area contributed by atoms with E-state index in [1.165, 1.54) is 0 Å². The van der Waals surface area contributed by atoms with Gasteiger partial charge in [0.15, 0.2) is 0 Å². The number of halogens is 6. The first-order chi connectivity index (χ1) is 16.9. The van der Waals surface area contributed by atoms with E-state index < -0.39 is 35.0 Å². The van der Waals surface area contributed by atoms with E-state index in [9.17, 15) is 35.9 Å². The number of thioether (sulfide) groups is 1. The molecule has 2 aliphatic heterocycles. The first-order valence-corrected chi connectivity index (χ1v) is 12.0. The average Bonchev–Trinajstić information content (AvgIpc) is 2.80. The molecule has 3 heterocycles. The van der Waals surface area contributed by atoms with Crippen molar-refractivity contribution < 1.29 is 40.7 Å². The SMILES string of the molecule is C[C@@H](COCCC(=O)N1CCN(c2ncc(C(F)(F)F)cn2)CC1)SC1CNNC(=O)C1C(F)(F)F. The van der Waals surface area contributed by atoms with Gasteiger partial charge in [-0.1, -0.05) is 6.92 Å². The van der Waals surface area contributed by atoms with E-state index in [4.69, 9.17) is 4.74 Å². The second kappa shape index (κ2) is 11.8. The Balaban J connectivity index is 1.36. The Hall–Kier alpha value is -2.33. The Morgan fingerprint density at radius 2 is 1.81 bits per heavy atom. The van der Waals surface area contributed by atoms with Gasteiger partial charge in [0, 0.05) is 55.6 Å². The van der Waals surface area contributed by atoms with Crippen molar-refractivity contribution in [1.29, 1.82) is 0 Å². The summed E-state index contributed by atoms with van der Waals surface area (Å²) in [5, 5.41) is -1.33. The van der Waals surface area contributed by atoms with Crippen molar-refractivity contribution in [3.8, 4) is 0 Å². The van der Waals surface area contributed by atoms with Gasteiger partial charge < -0.3 is 14.5 Å². The predicted molar refractivity (Wildman–Crippen MR) is 118 cm³/mol. The number of hydrogen-bond donors (Lipinski definition) is 2. The molecule has 16 heteroatoms. The maximum absolute atomic E-state index is 13.2. The highest BCUT2D eigenvalue weighted by atomic mass is 32.2. The Morgan fingerprint density at radius 1 is 1.17 bits per heavy atom. The normalized spacial score (nSPS) is 22.4. The van der Waals surface area contributed by atoms with Gasteiger partial charge in [-0.15, -0.1) is 0 Å². The van der Waals surface area contributed by atoms with Gasteiger partial charge in [-0.2, -0.15) is 38.1 Å². The molecule has 0 radical (unpaired) electrons. The van der Waals surface area contributed by atoms with Crippen molar-refractivity contribution in [3.63, 3.8) is 0 Å². The van der Waals surface area contributed by atoms with Crippen LogP contribution >= 0.6 is 11.8 Å². The number of ether oxygens (including phenoxy) is 1. The lowest BCUT2D eigenvalue weighted by atomic mass is 10.0. The third-order valence-corrected chi connectivity index (χ3v) is 7.01. The van der Waals surface area contributed by atoms with Crippen LogP contribution in [0.3, 0.4) is 0 Å². The quantitative estimate of drug-likeness (QED) is 0.378. The van der Waals surface area contributed by atoms with Gasteiger partial charge in [-0.3, -0.25) is 15.0 Å². The topological polar surface area (TPSA) is 99.7 Å². The van der Waals surface area contributed by atoms with Gasteiger partial charge in [0.05, 0.1) is 25.2 Å². The van der Waals surface area contributed by atoms with Gasteiger partial charge in [0.2, 0.25) is 17.8 Å². The van der Waals surface area contributed by atoms with Gasteiger partial charge >= 0.3 is 12.4 Å². The van der Waals surface area contributed by atoms with E-state index in [-0.39, 0.29) is 43.3 Å². The zero-order valence-corrected chi connectivity index (χ0v) is 20.0. The van der Waals surface area contributed by atoms with Crippen LogP contribution in [0.5, 0.6) is 0 Å². The molecule has 0 spiro atoms. The molecule has 2 saturated heterocycles. The molecule has 0 aliphatic carbocycles. The number of anilines is 1. The number of rotatable bonds is 8. The third-order valence-electron chi connectivity index (χ3n) is 5.62. The molecule has 2 unspecified atom stereocenters. The molecule has 202 valence electrons. The van der Waals surface area contributed by atoms with Crippen LogP contribution in [0, 0.1) is 5.92 Å². The number of hydrazine groups is 1. The van der Waals surface area contributed by atoms with Crippen LogP contribution in [0.25, 0.3) is 0 Å². The predicted octanol–water partition coefficient (Wildman–Crippen LogP) is 1.85. The number of piperazine rings is 1. The molecular weight excluding hydrogens is 518 g/mol. The number of carbonyl (C=O) groups is 2. The first-order valence-electron chi connectivity index (χ1n) is 11.1. The van der Waals surface area contributed by atoms with E-state index in [1.54, 1.807) is 16.7 Å². The van der Waals surface area contributed by atoms with Crippen LogP contribution in [0.4, 0.5) is 32.3 Å². The van der Waals surface area contributed by atoms with Crippen LogP contribution in [-0.2, 0) is 20.5 Å². The summed E-state index contributed by atoms with van der Waals surface area (Å²) in [5.74, 6) is -3.24. The first kappa shape index (κ1) is 28.2. The zero-order chi connectivity index (χ0) is 26.5. The average molecular weight is 545 g/mol. The molecule has 0 bridgehead atoms. The summed E-state index contributed by atoms with van der Waals surface area (Å²) in [7, 11) is 0. The minimum Gasteiger partial charge on any atom is -0.380 e. The van der Waals surface area contributed by atoms with Crippen molar-refractivity contribution in [1.82, 2.24) is 25.7 Å². The molecule has 1 aromatic heterocycles. The Bertz CT molecular complexity index is 895. The van der Waals surface area contributed by atoms with E-state index in [1.807, 2.05) is 5.43 Å². The number of nitrogens with one attached hydrogen (secondary N) is 2. The molecule has 9 nitrogen and oxygen atoms in total. The molecule has 36 heavy (non-hydrogen) atoms. The van der Waals surface area contributed by atoms with Crippen molar-refractivity contribution >= 4 is 29.5 Å². The highest BCUT2D eigenvalue weighted by molar-refractivity contribution is 8.00. The van der Waals surface area contributed by atoms with Crippen molar-refractivity contribution in [2.75, 3.05) is 50.8 Å². The fraction of sp³-hybridized carbons (Fsp3) is 0.700. The lowest BCUT2D eigenvalue weighted by Gasteiger charge is -2.35. The van der Waals surface area contributed by atoms with E-state index >= 15 is 0 Å². The van der Waals surface area contributed by atoms with E-state index in [0.717, 1.165) is 24.2 Å². The molecule has 3 rings (SSSR count). The Labute approximate surface area is 207 Å². The Kier molecular flexibility index (Phi) is 9.27. The highest BCUT2D eigenvalue weighted by Crippen LogP contribution is 2.37. The minimum absolute atomic E-state index is 0.0348. The molecule has 2 aliphatic rings. The number of carbonyl (C=O) groups excluding carboxylic acids is 2. The molecule has 2 N–H and O–H groups in total. The van der Waals surface area contributed by atoms with Crippen molar-refractivity contribution in [2.45, 2.75) is 36.2 Å². The summed E-state index contributed by atoms with van der Waals surface area (Å²) in [6.45, 7) is 3.24. The van der Waals surface area contributed by atoms with Crippen LogP contribution in [0.1, 0.15) is 18.9 Å². The van der Waals surface area contributed by atoms with Crippen molar-refractivity contribution in [3.05, 3.63) is 18.0 Å². The molecule has 0 aromatic carbocycles. The second-order valence-corrected chi connectivity index (χ2v) is 10.0. The standard InChI is InChI=1S/C20H26F6N6O3S/c1-12(36-14-10-29-30-17(34)16(14)20(24,25)26)11-35-7-2-15(33)31-3-5-32(6-4-31)18-27-8-13(9-28-18)19(21,22)23/h8-9,12,14,16,29H,2-7,10-11H2,1H3,(H,30,34)/t12-,14?,16?/m0/s1. The summed E-state index contributed by atoms with van der Waals surface area (Å²) in [5.41, 5.74) is 3.54. The van der Waals surface area contributed by atoms with E-state index in [2.05, 4.69) is 15.4 Å². The molecule has 2 fully saturated rings.